The number of likely N-dealkylation sites (N-methyl/N-ethyl adjacent to an activating group) is 1. The number of hydrogen-bond acceptors (Lipinski definition) is 4. The molecule has 0 aromatic heterocycles. The first kappa shape index (κ1) is 12.0. The van der Waals surface area contributed by atoms with E-state index in [-0.39, 0.29) is 5.97 Å². The van der Waals surface area contributed by atoms with Crippen LogP contribution in [0.3, 0.4) is 0 Å². The van der Waals surface area contributed by atoms with Crippen LogP contribution >= 0.6 is 0 Å². The normalized spacial score (nSPS) is 31.2. The molecule has 1 heterocycles. The van der Waals surface area contributed by atoms with E-state index in [4.69, 9.17) is 11.2 Å². The SMILES string of the molecule is C#CCNC1(C(=O)OC)CC(C)N(C)C1. The summed E-state index contributed by atoms with van der Waals surface area (Å²) in [7, 11) is 3.40. The number of methoxy groups -OCH3 is 1. The van der Waals surface area contributed by atoms with Gasteiger partial charge in [-0.25, -0.2) is 0 Å². The van der Waals surface area contributed by atoms with Crippen LogP contribution in [0.15, 0.2) is 0 Å². The van der Waals surface area contributed by atoms with Crippen molar-refractivity contribution in [3.63, 3.8) is 0 Å². The number of carbonyl (C=O) groups is 1. The molecule has 1 aliphatic rings. The molecule has 1 rings (SSSR count). The van der Waals surface area contributed by atoms with Crippen LogP contribution in [-0.2, 0) is 9.53 Å². The first-order chi connectivity index (χ1) is 7.05. The smallest absolute Gasteiger partial charge is 0.327 e. The summed E-state index contributed by atoms with van der Waals surface area (Å²) >= 11 is 0. The maximum atomic E-state index is 11.8. The van der Waals surface area contributed by atoms with Crippen molar-refractivity contribution >= 4 is 5.97 Å². The van der Waals surface area contributed by atoms with Crippen molar-refractivity contribution < 1.29 is 9.53 Å². The van der Waals surface area contributed by atoms with Crippen LogP contribution in [0, 0.1) is 12.3 Å². The van der Waals surface area contributed by atoms with Crippen LogP contribution in [0.5, 0.6) is 0 Å². The molecular weight excluding hydrogens is 192 g/mol. The van der Waals surface area contributed by atoms with Gasteiger partial charge >= 0.3 is 5.97 Å². The van der Waals surface area contributed by atoms with E-state index < -0.39 is 5.54 Å². The number of rotatable bonds is 3. The van der Waals surface area contributed by atoms with Gasteiger partial charge in [-0.1, -0.05) is 5.92 Å². The molecule has 0 spiro atoms. The maximum Gasteiger partial charge on any atom is 0.327 e. The van der Waals surface area contributed by atoms with E-state index in [1.165, 1.54) is 7.11 Å². The van der Waals surface area contributed by atoms with Gasteiger partial charge in [-0.2, -0.15) is 0 Å². The molecule has 84 valence electrons. The van der Waals surface area contributed by atoms with Gasteiger partial charge < -0.3 is 9.64 Å². The summed E-state index contributed by atoms with van der Waals surface area (Å²) in [6, 6.07) is 0.356. The molecule has 1 aliphatic heterocycles. The van der Waals surface area contributed by atoms with Gasteiger partial charge in [0.2, 0.25) is 0 Å². The molecule has 0 bridgehead atoms. The summed E-state index contributed by atoms with van der Waals surface area (Å²) < 4.78 is 4.83. The molecule has 0 radical (unpaired) electrons. The van der Waals surface area contributed by atoms with Crippen LogP contribution in [0.25, 0.3) is 0 Å². The van der Waals surface area contributed by atoms with Crippen LogP contribution < -0.4 is 5.32 Å². The lowest BCUT2D eigenvalue weighted by Gasteiger charge is -2.26. The lowest BCUT2D eigenvalue weighted by atomic mass is 9.96. The maximum absolute atomic E-state index is 11.8. The highest BCUT2D eigenvalue weighted by molar-refractivity contribution is 5.81. The molecular formula is C11H18N2O2. The Hall–Kier alpha value is -1.05. The fraction of sp³-hybridized carbons (Fsp3) is 0.727. The first-order valence-electron chi connectivity index (χ1n) is 5.03. The Labute approximate surface area is 91.0 Å². The zero-order valence-corrected chi connectivity index (χ0v) is 9.54. The zero-order valence-electron chi connectivity index (χ0n) is 9.54. The summed E-state index contributed by atoms with van der Waals surface area (Å²) in [5.74, 6) is 2.26. The number of hydrogen-bond donors (Lipinski definition) is 1. The number of carbonyl (C=O) groups excluding carboxylic acids is 1. The molecule has 4 nitrogen and oxygen atoms in total. The molecule has 1 fully saturated rings. The number of terminal acetylenes is 1. The van der Waals surface area contributed by atoms with Gasteiger partial charge in [-0.3, -0.25) is 10.1 Å². The Bertz CT molecular complexity index is 273. The van der Waals surface area contributed by atoms with E-state index in [2.05, 4.69) is 23.1 Å². The van der Waals surface area contributed by atoms with Crippen molar-refractivity contribution in [2.24, 2.45) is 0 Å². The zero-order chi connectivity index (χ0) is 11.5. The van der Waals surface area contributed by atoms with Crippen LogP contribution in [-0.4, -0.2) is 49.7 Å². The van der Waals surface area contributed by atoms with Gasteiger partial charge in [0.25, 0.3) is 0 Å². The third-order valence-electron chi connectivity index (χ3n) is 3.02. The van der Waals surface area contributed by atoms with Gasteiger partial charge in [0.15, 0.2) is 0 Å². The first-order valence-corrected chi connectivity index (χ1v) is 5.03. The molecule has 1 N–H and O–H groups in total. The van der Waals surface area contributed by atoms with Crippen molar-refractivity contribution in [1.82, 2.24) is 10.2 Å². The van der Waals surface area contributed by atoms with E-state index in [0.29, 0.717) is 19.1 Å². The minimum atomic E-state index is -0.630. The Kier molecular flexibility index (Phi) is 3.72. The quantitative estimate of drug-likeness (QED) is 0.519. The minimum Gasteiger partial charge on any atom is -0.468 e. The van der Waals surface area contributed by atoms with Crippen LogP contribution in [0.2, 0.25) is 0 Å². The van der Waals surface area contributed by atoms with E-state index in [1.807, 2.05) is 7.05 Å². The predicted octanol–water partition coefficient (Wildman–Crippen LogP) is -0.155. The van der Waals surface area contributed by atoms with Crippen LogP contribution in [0.1, 0.15) is 13.3 Å². The van der Waals surface area contributed by atoms with E-state index >= 15 is 0 Å². The second-order valence-corrected chi connectivity index (χ2v) is 4.10. The largest absolute Gasteiger partial charge is 0.468 e. The average molecular weight is 210 g/mol. The molecule has 0 aromatic rings. The fourth-order valence-corrected chi connectivity index (χ4v) is 2.07. The van der Waals surface area contributed by atoms with Crippen molar-refractivity contribution in [2.75, 3.05) is 27.2 Å². The number of nitrogens with one attached hydrogen (secondary N) is 1. The second kappa shape index (κ2) is 4.65. The topological polar surface area (TPSA) is 41.6 Å². The number of ether oxygens (including phenoxy) is 1. The van der Waals surface area contributed by atoms with Crippen molar-refractivity contribution in [3.8, 4) is 12.3 Å². The molecule has 2 unspecified atom stereocenters. The van der Waals surface area contributed by atoms with Crippen LogP contribution in [0.4, 0.5) is 0 Å². The molecule has 0 aromatic carbocycles. The van der Waals surface area contributed by atoms with Crippen molar-refractivity contribution in [1.29, 1.82) is 0 Å². The predicted molar refractivity (Wildman–Crippen MR) is 58.3 cm³/mol. The minimum absolute atomic E-state index is 0.228. The molecule has 15 heavy (non-hydrogen) atoms. The fourth-order valence-electron chi connectivity index (χ4n) is 2.07. The molecule has 0 amide bonds. The highest BCUT2D eigenvalue weighted by atomic mass is 16.5. The number of likely N-dealkylation sites (tertiary alicyclic amines) is 1. The average Bonchev–Trinajstić information content (AvgIpc) is 2.52. The van der Waals surface area contributed by atoms with E-state index in [9.17, 15) is 4.79 Å². The summed E-state index contributed by atoms with van der Waals surface area (Å²) in [6.07, 6.45) is 5.93. The summed E-state index contributed by atoms with van der Waals surface area (Å²) in [4.78, 5) is 13.9. The van der Waals surface area contributed by atoms with Gasteiger partial charge in [-0.15, -0.1) is 6.42 Å². The van der Waals surface area contributed by atoms with E-state index in [0.717, 1.165) is 6.42 Å². The Morgan fingerprint density at radius 2 is 2.47 bits per heavy atom. The third kappa shape index (κ3) is 2.31. The summed E-state index contributed by atoms with van der Waals surface area (Å²) in [5.41, 5.74) is -0.630. The van der Waals surface area contributed by atoms with E-state index in [1.54, 1.807) is 0 Å². The highest BCUT2D eigenvalue weighted by Crippen LogP contribution is 2.26. The lowest BCUT2D eigenvalue weighted by molar-refractivity contribution is -0.148. The summed E-state index contributed by atoms with van der Waals surface area (Å²) in [5, 5.41) is 3.10. The standard InChI is InChI=1S/C11H18N2O2/c1-5-6-12-11(10(14)15-4)7-9(2)13(3)8-11/h1,9,12H,6-8H2,2-4H3. The van der Waals surface area contributed by atoms with Gasteiger partial charge in [0.05, 0.1) is 13.7 Å². The molecule has 0 aliphatic carbocycles. The second-order valence-electron chi connectivity index (χ2n) is 4.10. The van der Waals surface area contributed by atoms with Gasteiger partial charge in [0, 0.05) is 12.6 Å². The molecule has 1 saturated heterocycles. The van der Waals surface area contributed by atoms with Crippen molar-refractivity contribution in [2.45, 2.75) is 24.9 Å². The molecule has 4 heteroatoms. The summed E-state index contributed by atoms with van der Waals surface area (Å²) in [6.45, 7) is 3.11. The lowest BCUT2D eigenvalue weighted by Crippen LogP contribution is -2.54. The third-order valence-corrected chi connectivity index (χ3v) is 3.02. The monoisotopic (exact) mass is 210 g/mol. The molecule has 0 saturated carbocycles. The number of nitrogens with zero attached hydrogens (tertiary/aromatic N) is 1. The highest BCUT2D eigenvalue weighted by Gasteiger charge is 2.47. The molecule has 2 atom stereocenters. The Morgan fingerprint density at radius 3 is 2.87 bits per heavy atom. The Balaban J connectivity index is 2.80. The Morgan fingerprint density at radius 1 is 1.80 bits per heavy atom. The van der Waals surface area contributed by atoms with Crippen molar-refractivity contribution in [3.05, 3.63) is 0 Å². The number of esters is 1. The van der Waals surface area contributed by atoms with Gasteiger partial charge in [0.1, 0.15) is 5.54 Å². The van der Waals surface area contributed by atoms with Gasteiger partial charge in [-0.05, 0) is 20.4 Å².